The molecule has 2 rings (SSSR count). The Hall–Kier alpha value is -1.63. The molecule has 0 radical (unpaired) electrons. The van der Waals surface area contributed by atoms with Crippen LogP contribution in [0, 0.1) is 10.1 Å². The quantitative estimate of drug-likeness (QED) is 0.628. The fourth-order valence-electron chi connectivity index (χ4n) is 2.27. The van der Waals surface area contributed by atoms with E-state index in [9.17, 15) is 10.1 Å². The third-order valence-electron chi connectivity index (χ3n) is 3.36. The van der Waals surface area contributed by atoms with Crippen LogP contribution in [0.2, 0.25) is 0 Å². The average molecular weight is 239 g/mol. The fourth-order valence-corrected chi connectivity index (χ4v) is 2.27. The molecular formula is C10H17N5O2. The molecule has 1 aliphatic rings. The minimum atomic E-state index is -0.486. The van der Waals surface area contributed by atoms with Crippen LogP contribution in [0.1, 0.15) is 25.8 Å². The highest BCUT2D eigenvalue weighted by atomic mass is 16.6. The minimum Gasteiger partial charge on any atom is -0.378 e. The summed E-state index contributed by atoms with van der Waals surface area (Å²) in [5, 5.41) is 14.7. The van der Waals surface area contributed by atoms with Gasteiger partial charge in [-0.3, -0.25) is 10.1 Å². The predicted octanol–water partition coefficient (Wildman–Crippen LogP) is 1.03. The highest BCUT2D eigenvalue weighted by Crippen LogP contribution is 2.28. The molecule has 7 nitrogen and oxygen atoms in total. The van der Waals surface area contributed by atoms with Crippen LogP contribution in [0.5, 0.6) is 0 Å². The molecule has 0 bridgehead atoms. The van der Waals surface area contributed by atoms with Gasteiger partial charge in [0.05, 0.1) is 11.0 Å². The fraction of sp³-hybridized carbons (Fsp3) is 0.700. The summed E-state index contributed by atoms with van der Waals surface area (Å²) in [5.41, 5.74) is 5.65. The number of likely N-dealkylation sites (tertiary alicyclic amines) is 1. The van der Waals surface area contributed by atoms with Crippen molar-refractivity contribution in [1.82, 2.24) is 14.7 Å². The molecule has 2 heterocycles. The van der Waals surface area contributed by atoms with E-state index in [2.05, 4.69) is 16.9 Å². The van der Waals surface area contributed by atoms with Crippen molar-refractivity contribution in [3.8, 4) is 0 Å². The number of piperidine rings is 1. The highest BCUT2D eigenvalue weighted by Gasteiger charge is 2.25. The predicted molar refractivity (Wildman–Crippen MR) is 63.7 cm³/mol. The van der Waals surface area contributed by atoms with E-state index >= 15 is 0 Å². The molecule has 1 fully saturated rings. The van der Waals surface area contributed by atoms with Crippen LogP contribution in [0.4, 0.5) is 11.5 Å². The van der Waals surface area contributed by atoms with Gasteiger partial charge >= 0.3 is 5.69 Å². The molecule has 7 heteroatoms. The Balaban J connectivity index is 2.11. The molecule has 0 unspecified atom stereocenters. The maximum Gasteiger partial charge on any atom is 0.330 e. The van der Waals surface area contributed by atoms with Crippen molar-refractivity contribution >= 4 is 11.5 Å². The second-order valence-corrected chi connectivity index (χ2v) is 4.28. The van der Waals surface area contributed by atoms with Gasteiger partial charge in [0.15, 0.2) is 0 Å². The van der Waals surface area contributed by atoms with E-state index in [-0.39, 0.29) is 17.5 Å². The zero-order valence-electron chi connectivity index (χ0n) is 9.87. The summed E-state index contributed by atoms with van der Waals surface area (Å²) in [5.74, 6) is 0.171. The van der Waals surface area contributed by atoms with Gasteiger partial charge in [0.25, 0.3) is 0 Å². The number of hydrogen-bond donors (Lipinski definition) is 1. The first-order valence-electron chi connectivity index (χ1n) is 5.83. The van der Waals surface area contributed by atoms with Crippen LogP contribution in [0.25, 0.3) is 0 Å². The van der Waals surface area contributed by atoms with Crippen molar-refractivity contribution in [2.24, 2.45) is 0 Å². The molecule has 1 aromatic rings. The van der Waals surface area contributed by atoms with E-state index in [4.69, 9.17) is 5.73 Å². The molecule has 0 spiro atoms. The smallest absolute Gasteiger partial charge is 0.330 e. The summed E-state index contributed by atoms with van der Waals surface area (Å²) < 4.78 is 1.60. The van der Waals surface area contributed by atoms with Gasteiger partial charge in [-0.15, -0.1) is 0 Å². The van der Waals surface area contributed by atoms with E-state index in [0.717, 1.165) is 32.5 Å². The molecule has 0 aliphatic carbocycles. The number of anilines is 1. The Morgan fingerprint density at radius 1 is 1.59 bits per heavy atom. The second-order valence-electron chi connectivity index (χ2n) is 4.28. The normalized spacial score (nSPS) is 18.4. The molecule has 0 amide bonds. The van der Waals surface area contributed by atoms with Gasteiger partial charge in [-0.05, 0) is 19.4 Å². The van der Waals surface area contributed by atoms with Crippen LogP contribution in [0.3, 0.4) is 0 Å². The summed E-state index contributed by atoms with van der Waals surface area (Å²) in [4.78, 5) is 12.5. The Labute approximate surface area is 99.3 Å². The first-order valence-corrected chi connectivity index (χ1v) is 5.83. The molecule has 1 aliphatic heterocycles. The Bertz CT molecular complexity index is 409. The molecular weight excluding hydrogens is 222 g/mol. The van der Waals surface area contributed by atoms with Crippen molar-refractivity contribution in [2.45, 2.75) is 25.8 Å². The summed E-state index contributed by atoms with van der Waals surface area (Å²) in [6.45, 7) is 5.16. The number of nitrogen functional groups attached to an aromatic ring is 1. The van der Waals surface area contributed by atoms with Crippen LogP contribution in [-0.2, 0) is 0 Å². The lowest BCUT2D eigenvalue weighted by Crippen LogP contribution is -2.34. The molecule has 17 heavy (non-hydrogen) atoms. The van der Waals surface area contributed by atoms with Gasteiger partial charge in [0.1, 0.15) is 6.20 Å². The van der Waals surface area contributed by atoms with Crippen molar-refractivity contribution in [2.75, 3.05) is 25.4 Å². The van der Waals surface area contributed by atoms with E-state index < -0.39 is 4.92 Å². The first-order chi connectivity index (χ1) is 8.13. The monoisotopic (exact) mass is 239 g/mol. The largest absolute Gasteiger partial charge is 0.378 e. The minimum absolute atomic E-state index is 0.0945. The highest BCUT2D eigenvalue weighted by molar-refractivity contribution is 5.51. The van der Waals surface area contributed by atoms with Gasteiger partial charge < -0.3 is 10.6 Å². The summed E-state index contributed by atoms with van der Waals surface area (Å²) in [7, 11) is 0. The maximum absolute atomic E-state index is 10.7. The molecule has 1 aromatic heterocycles. The van der Waals surface area contributed by atoms with Crippen molar-refractivity contribution in [3.05, 3.63) is 16.3 Å². The lowest BCUT2D eigenvalue weighted by molar-refractivity contribution is -0.384. The van der Waals surface area contributed by atoms with Crippen LogP contribution >= 0.6 is 0 Å². The van der Waals surface area contributed by atoms with E-state index in [1.165, 1.54) is 6.20 Å². The van der Waals surface area contributed by atoms with Gasteiger partial charge in [-0.1, -0.05) is 6.92 Å². The third-order valence-corrected chi connectivity index (χ3v) is 3.36. The van der Waals surface area contributed by atoms with Crippen molar-refractivity contribution in [3.63, 3.8) is 0 Å². The Kier molecular flexibility index (Phi) is 3.28. The zero-order valence-corrected chi connectivity index (χ0v) is 9.87. The first kappa shape index (κ1) is 11.8. The summed E-state index contributed by atoms with van der Waals surface area (Å²) in [6, 6.07) is 0.187. The average Bonchev–Trinajstić information content (AvgIpc) is 2.71. The van der Waals surface area contributed by atoms with Gasteiger partial charge in [0, 0.05) is 13.1 Å². The zero-order chi connectivity index (χ0) is 12.4. The summed E-state index contributed by atoms with van der Waals surface area (Å²) in [6.07, 6.45) is 3.12. The van der Waals surface area contributed by atoms with Gasteiger partial charge in [0.2, 0.25) is 5.82 Å². The van der Waals surface area contributed by atoms with Crippen LogP contribution in [0.15, 0.2) is 6.20 Å². The number of rotatable bonds is 3. The lowest BCUT2D eigenvalue weighted by Gasteiger charge is -2.31. The molecule has 0 atom stereocenters. The Morgan fingerprint density at radius 3 is 2.71 bits per heavy atom. The van der Waals surface area contributed by atoms with Crippen LogP contribution < -0.4 is 5.73 Å². The molecule has 0 saturated carbocycles. The number of nitro groups is 1. The molecule has 94 valence electrons. The number of nitrogens with zero attached hydrogens (tertiary/aromatic N) is 4. The standard InChI is InChI=1S/C10H17N5O2/c1-2-13-5-3-8(4-6-13)14-10(11)9(7-12-14)15(16)17/h7-8H,2-6,11H2,1H3. The number of aromatic nitrogens is 2. The van der Waals surface area contributed by atoms with Gasteiger partial charge in [-0.2, -0.15) is 5.10 Å². The van der Waals surface area contributed by atoms with Gasteiger partial charge in [-0.25, -0.2) is 4.68 Å². The Morgan fingerprint density at radius 2 is 2.24 bits per heavy atom. The summed E-state index contributed by atoms with van der Waals surface area (Å²) >= 11 is 0. The van der Waals surface area contributed by atoms with Crippen molar-refractivity contribution < 1.29 is 4.92 Å². The number of nitrogens with two attached hydrogens (primary N) is 1. The SMILES string of the molecule is CCN1CCC(n2ncc([N+](=O)[O-])c2N)CC1. The molecule has 2 N–H and O–H groups in total. The molecule has 1 saturated heterocycles. The second kappa shape index (κ2) is 4.70. The topological polar surface area (TPSA) is 90.2 Å². The van der Waals surface area contributed by atoms with Crippen LogP contribution in [-0.4, -0.2) is 39.2 Å². The van der Waals surface area contributed by atoms with Crippen molar-refractivity contribution in [1.29, 1.82) is 0 Å². The third kappa shape index (κ3) is 2.23. The van der Waals surface area contributed by atoms with E-state index in [0.29, 0.717) is 0 Å². The van der Waals surface area contributed by atoms with E-state index in [1.54, 1.807) is 4.68 Å². The lowest BCUT2D eigenvalue weighted by atomic mass is 10.1. The molecule has 0 aromatic carbocycles. The maximum atomic E-state index is 10.7. The number of hydrogen-bond acceptors (Lipinski definition) is 5. The van der Waals surface area contributed by atoms with E-state index in [1.807, 2.05) is 0 Å².